The Hall–Kier alpha value is -2.40. The minimum absolute atomic E-state index is 0.0204. The number of carbonyl (C=O) groups is 2. The largest absolute Gasteiger partial charge is 0.382 e. The molecular weight excluding hydrogens is 485 g/mol. The number of piperidine rings is 1. The van der Waals surface area contributed by atoms with Crippen LogP contribution in [0.15, 0.2) is 29.6 Å². The van der Waals surface area contributed by atoms with Crippen molar-refractivity contribution >= 4 is 23.2 Å². The molecule has 0 atom stereocenters. The monoisotopic (exact) mass is 521 g/mol. The van der Waals surface area contributed by atoms with E-state index in [-0.39, 0.29) is 30.2 Å². The van der Waals surface area contributed by atoms with Crippen LogP contribution in [0.1, 0.15) is 53.7 Å². The number of halogens is 1. The van der Waals surface area contributed by atoms with Crippen molar-refractivity contribution in [1.82, 2.24) is 15.2 Å². The maximum Gasteiger partial charge on any atom is 0.271 e. The van der Waals surface area contributed by atoms with Crippen molar-refractivity contribution in [3.05, 3.63) is 51.7 Å². The lowest BCUT2D eigenvalue weighted by Crippen LogP contribution is -2.45. The van der Waals surface area contributed by atoms with E-state index in [1.54, 1.807) is 24.6 Å². The fourth-order valence-corrected chi connectivity index (χ4v) is 5.07. The van der Waals surface area contributed by atoms with Gasteiger partial charge in [0.1, 0.15) is 18.1 Å². The lowest BCUT2D eigenvalue weighted by atomic mass is 9.94. The van der Waals surface area contributed by atoms with Crippen molar-refractivity contribution in [3.63, 3.8) is 0 Å². The second-order valence-electron chi connectivity index (χ2n) is 9.53. The number of ether oxygens (including phenoxy) is 3. The van der Waals surface area contributed by atoms with Crippen molar-refractivity contribution in [3.8, 4) is 0 Å². The normalized spacial score (nSPS) is 14.7. The molecule has 1 aromatic heterocycles. The number of rotatable bonds is 13. The first-order valence-electron chi connectivity index (χ1n) is 12.2. The van der Waals surface area contributed by atoms with Crippen LogP contribution in [0.4, 0.5) is 4.39 Å². The third-order valence-corrected chi connectivity index (χ3v) is 7.00. The number of carbonyl (C=O) groups excluding carboxylic acids is 2. The zero-order chi connectivity index (χ0) is 26.0. The van der Waals surface area contributed by atoms with Gasteiger partial charge in [-0.05, 0) is 50.8 Å². The molecule has 0 saturated carbocycles. The number of aromatic nitrogens is 1. The van der Waals surface area contributed by atoms with Crippen molar-refractivity contribution in [2.24, 2.45) is 0 Å². The minimum atomic E-state index is -0.511. The topological polar surface area (TPSA) is 90.0 Å². The Morgan fingerprint density at radius 1 is 1.11 bits per heavy atom. The fourth-order valence-electron chi connectivity index (χ4n) is 4.10. The highest BCUT2D eigenvalue weighted by Crippen LogP contribution is 2.30. The van der Waals surface area contributed by atoms with Gasteiger partial charge in [0.15, 0.2) is 0 Å². The van der Waals surface area contributed by atoms with Crippen LogP contribution < -0.4 is 5.32 Å². The number of hydrogen-bond acceptors (Lipinski definition) is 7. The smallest absolute Gasteiger partial charge is 0.271 e. The summed E-state index contributed by atoms with van der Waals surface area (Å²) in [6.07, 6.45) is 2.18. The predicted molar refractivity (Wildman–Crippen MR) is 136 cm³/mol. The van der Waals surface area contributed by atoms with Gasteiger partial charge >= 0.3 is 0 Å². The van der Waals surface area contributed by atoms with Gasteiger partial charge in [-0.2, -0.15) is 0 Å². The van der Waals surface area contributed by atoms with Gasteiger partial charge in [-0.1, -0.05) is 12.1 Å². The highest BCUT2D eigenvalue weighted by Gasteiger charge is 2.28. The van der Waals surface area contributed by atoms with E-state index in [4.69, 9.17) is 14.2 Å². The van der Waals surface area contributed by atoms with E-state index >= 15 is 0 Å². The molecule has 0 spiro atoms. The van der Waals surface area contributed by atoms with Gasteiger partial charge in [0.05, 0.1) is 31.4 Å². The zero-order valence-corrected chi connectivity index (χ0v) is 22.1. The molecule has 1 aromatic carbocycles. The molecule has 2 aromatic rings. The number of thiazole rings is 1. The molecule has 1 saturated heterocycles. The van der Waals surface area contributed by atoms with Crippen molar-refractivity contribution < 1.29 is 28.2 Å². The maximum absolute atomic E-state index is 13.2. The van der Waals surface area contributed by atoms with Crippen LogP contribution in [0, 0.1) is 5.82 Å². The third-order valence-electron chi connectivity index (χ3n) is 5.99. The van der Waals surface area contributed by atoms with Gasteiger partial charge < -0.3 is 24.4 Å². The number of amides is 2. The first-order chi connectivity index (χ1) is 17.3. The molecule has 1 aliphatic heterocycles. The number of likely N-dealkylation sites (tertiary alicyclic amines) is 1. The van der Waals surface area contributed by atoms with Gasteiger partial charge in [0.25, 0.3) is 5.91 Å². The third kappa shape index (κ3) is 8.92. The Bertz CT molecular complexity index is 974. The molecule has 0 radical (unpaired) electrons. The summed E-state index contributed by atoms with van der Waals surface area (Å²) in [5, 5.41) is 5.76. The molecule has 0 unspecified atom stereocenters. The Morgan fingerprint density at radius 3 is 2.47 bits per heavy atom. The standard InChI is InChI=1S/C26H36FN3O5S/c1-26(2,16-19-4-6-21(27)7-5-19)29-24(32)22-18-36-25(28-22)20-8-10-30(11-9-20)23(31)17-35-15-14-34-13-12-33-3/h4-7,18,20H,8-17H2,1-3H3,(H,29,32). The minimum Gasteiger partial charge on any atom is -0.382 e. The zero-order valence-electron chi connectivity index (χ0n) is 21.3. The second-order valence-corrected chi connectivity index (χ2v) is 10.4. The van der Waals surface area contributed by atoms with Crippen molar-refractivity contribution in [2.75, 3.05) is 53.2 Å². The summed E-state index contributed by atoms with van der Waals surface area (Å²) in [4.78, 5) is 31.7. The SMILES string of the molecule is COCCOCCOCC(=O)N1CCC(c2nc(C(=O)NC(C)(C)Cc3ccc(F)cc3)cs2)CC1. The summed E-state index contributed by atoms with van der Waals surface area (Å²) in [5.41, 5.74) is 0.840. The summed E-state index contributed by atoms with van der Waals surface area (Å²) >= 11 is 1.49. The molecule has 0 aliphatic carbocycles. The van der Waals surface area contributed by atoms with Crippen LogP contribution in [0.25, 0.3) is 0 Å². The molecule has 8 nitrogen and oxygen atoms in total. The van der Waals surface area contributed by atoms with E-state index < -0.39 is 5.54 Å². The summed E-state index contributed by atoms with van der Waals surface area (Å²) < 4.78 is 28.8. The van der Waals surface area contributed by atoms with Gasteiger partial charge in [0, 0.05) is 37.0 Å². The summed E-state index contributed by atoms with van der Waals surface area (Å²) in [6, 6.07) is 6.30. The van der Waals surface area contributed by atoms with Crippen LogP contribution in [0.2, 0.25) is 0 Å². The summed E-state index contributed by atoms with van der Waals surface area (Å²) in [7, 11) is 1.62. The summed E-state index contributed by atoms with van der Waals surface area (Å²) in [6.45, 7) is 7.06. The second kappa shape index (κ2) is 13.8. The van der Waals surface area contributed by atoms with E-state index in [9.17, 15) is 14.0 Å². The van der Waals surface area contributed by atoms with Crippen LogP contribution in [0.3, 0.4) is 0 Å². The molecule has 3 rings (SSSR count). The van der Waals surface area contributed by atoms with Gasteiger partial charge in [-0.3, -0.25) is 9.59 Å². The fraction of sp³-hybridized carbons (Fsp3) is 0.577. The quantitative estimate of drug-likeness (QED) is 0.407. The van der Waals surface area contributed by atoms with Crippen LogP contribution in [0.5, 0.6) is 0 Å². The number of nitrogens with zero attached hydrogens (tertiary/aromatic N) is 2. The van der Waals surface area contributed by atoms with Crippen LogP contribution >= 0.6 is 11.3 Å². The molecule has 198 valence electrons. The van der Waals surface area contributed by atoms with E-state index in [0.717, 1.165) is 23.4 Å². The lowest BCUT2D eigenvalue weighted by Gasteiger charge is -2.31. The van der Waals surface area contributed by atoms with Gasteiger partial charge in [0.2, 0.25) is 5.91 Å². The van der Waals surface area contributed by atoms with E-state index in [1.807, 2.05) is 18.7 Å². The Morgan fingerprint density at radius 2 is 1.78 bits per heavy atom. The van der Waals surface area contributed by atoms with E-state index in [1.165, 1.54) is 23.5 Å². The number of nitrogens with one attached hydrogen (secondary N) is 1. The number of hydrogen-bond donors (Lipinski definition) is 1. The Balaban J connectivity index is 1.41. The highest BCUT2D eigenvalue weighted by molar-refractivity contribution is 7.09. The molecule has 1 N–H and O–H groups in total. The lowest BCUT2D eigenvalue weighted by molar-refractivity contribution is -0.137. The first kappa shape index (κ1) is 28.2. The molecular formula is C26H36FN3O5S. The molecule has 0 bridgehead atoms. The molecule has 2 amide bonds. The number of benzene rings is 1. The molecule has 10 heteroatoms. The van der Waals surface area contributed by atoms with Gasteiger partial charge in [-0.15, -0.1) is 11.3 Å². The molecule has 2 heterocycles. The Labute approximate surface area is 216 Å². The molecule has 1 aliphatic rings. The molecule has 1 fully saturated rings. The van der Waals surface area contributed by atoms with Crippen molar-refractivity contribution in [2.45, 2.75) is 44.6 Å². The number of methoxy groups -OCH3 is 1. The average Bonchev–Trinajstić information content (AvgIpc) is 3.35. The van der Waals surface area contributed by atoms with Crippen LogP contribution in [-0.2, 0) is 25.4 Å². The Kier molecular flexibility index (Phi) is 10.8. The van der Waals surface area contributed by atoms with E-state index in [2.05, 4.69) is 10.3 Å². The van der Waals surface area contributed by atoms with Crippen molar-refractivity contribution in [1.29, 1.82) is 0 Å². The van der Waals surface area contributed by atoms with Crippen LogP contribution in [-0.4, -0.2) is 80.5 Å². The highest BCUT2D eigenvalue weighted by atomic mass is 32.1. The predicted octanol–water partition coefficient (Wildman–Crippen LogP) is 3.42. The first-order valence-corrected chi connectivity index (χ1v) is 13.1. The average molecular weight is 522 g/mol. The van der Waals surface area contributed by atoms with E-state index in [0.29, 0.717) is 51.6 Å². The molecule has 36 heavy (non-hydrogen) atoms. The summed E-state index contributed by atoms with van der Waals surface area (Å²) in [5.74, 6) is -0.296. The maximum atomic E-state index is 13.2. The van der Waals surface area contributed by atoms with Gasteiger partial charge in [-0.25, -0.2) is 9.37 Å².